The molecule has 5 heteroatoms. The van der Waals surface area contributed by atoms with Gasteiger partial charge in [-0.05, 0) is 13.8 Å². The highest BCUT2D eigenvalue weighted by molar-refractivity contribution is 4.81. The van der Waals surface area contributed by atoms with Crippen LogP contribution in [0, 0.1) is 6.92 Å². The Labute approximate surface area is 71.3 Å². The number of hydrogen-bond acceptors (Lipinski definition) is 5. The van der Waals surface area contributed by atoms with E-state index in [-0.39, 0.29) is 6.04 Å². The molecule has 0 aromatic carbocycles. The van der Waals surface area contributed by atoms with Crippen molar-refractivity contribution >= 4 is 0 Å². The summed E-state index contributed by atoms with van der Waals surface area (Å²) in [6, 6.07) is 0.147. The van der Waals surface area contributed by atoms with Crippen LogP contribution in [-0.2, 0) is 6.54 Å². The molecule has 0 fully saturated rings. The van der Waals surface area contributed by atoms with Crippen molar-refractivity contribution in [3.05, 3.63) is 11.7 Å². The highest BCUT2D eigenvalue weighted by Gasteiger charge is 2.01. The first kappa shape index (κ1) is 9.15. The maximum Gasteiger partial charge on any atom is 0.240 e. The zero-order chi connectivity index (χ0) is 8.97. The van der Waals surface area contributed by atoms with Crippen LogP contribution in [-0.4, -0.2) is 22.7 Å². The Bertz CT molecular complexity index is 233. The third-order valence-corrected chi connectivity index (χ3v) is 1.31. The summed E-state index contributed by atoms with van der Waals surface area (Å²) in [5.41, 5.74) is 5.53. The van der Waals surface area contributed by atoms with Crippen molar-refractivity contribution in [2.45, 2.75) is 26.4 Å². The van der Waals surface area contributed by atoms with E-state index < -0.39 is 0 Å². The molecular formula is C7H14N4O. The van der Waals surface area contributed by atoms with Gasteiger partial charge in [0, 0.05) is 12.6 Å². The van der Waals surface area contributed by atoms with Crippen molar-refractivity contribution in [3.63, 3.8) is 0 Å². The highest BCUT2D eigenvalue weighted by Crippen LogP contribution is 1.93. The maximum atomic E-state index is 5.53. The van der Waals surface area contributed by atoms with E-state index in [1.165, 1.54) is 0 Å². The lowest BCUT2D eigenvalue weighted by Gasteiger charge is -2.03. The Morgan fingerprint density at radius 2 is 2.42 bits per heavy atom. The number of nitrogens with zero attached hydrogens (tertiary/aromatic N) is 2. The maximum absolute atomic E-state index is 5.53. The van der Waals surface area contributed by atoms with E-state index in [4.69, 9.17) is 10.3 Å². The Kier molecular flexibility index (Phi) is 3.19. The molecule has 0 saturated carbocycles. The first-order chi connectivity index (χ1) is 5.68. The van der Waals surface area contributed by atoms with E-state index in [2.05, 4.69) is 15.5 Å². The van der Waals surface area contributed by atoms with E-state index in [0.717, 1.165) is 6.54 Å². The molecule has 12 heavy (non-hydrogen) atoms. The van der Waals surface area contributed by atoms with Crippen molar-refractivity contribution in [1.29, 1.82) is 0 Å². The van der Waals surface area contributed by atoms with Gasteiger partial charge >= 0.3 is 0 Å². The van der Waals surface area contributed by atoms with Gasteiger partial charge in [0.05, 0.1) is 6.54 Å². The molecule has 1 unspecified atom stereocenters. The van der Waals surface area contributed by atoms with Crippen molar-refractivity contribution < 1.29 is 4.52 Å². The second-order valence-corrected chi connectivity index (χ2v) is 2.84. The minimum atomic E-state index is 0.147. The van der Waals surface area contributed by atoms with Gasteiger partial charge in [-0.25, -0.2) is 0 Å². The first-order valence-corrected chi connectivity index (χ1v) is 3.94. The van der Waals surface area contributed by atoms with Crippen LogP contribution in [0.5, 0.6) is 0 Å². The number of aromatic nitrogens is 2. The Balaban J connectivity index is 2.24. The number of nitrogens with one attached hydrogen (secondary N) is 1. The van der Waals surface area contributed by atoms with Gasteiger partial charge in [-0.2, -0.15) is 4.98 Å². The molecular weight excluding hydrogens is 156 g/mol. The Morgan fingerprint density at radius 1 is 1.67 bits per heavy atom. The smallest absolute Gasteiger partial charge is 0.240 e. The second kappa shape index (κ2) is 4.18. The summed E-state index contributed by atoms with van der Waals surface area (Å²) in [5, 5.41) is 6.75. The molecule has 1 heterocycles. The van der Waals surface area contributed by atoms with Crippen LogP contribution >= 0.6 is 0 Å². The van der Waals surface area contributed by atoms with Crippen LogP contribution < -0.4 is 11.1 Å². The average Bonchev–Trinajstić information content (AvgIpc) is 2.35. The lowest BCUT2D eigenvalue weighted by Crippen LogP contribution is -2.30. The normalized spacial score (nSPS) is 13.2. The van der Waals surface area contributed by atoms with Crippen LogP contribution in [0.1, 0.15) is 18.6 Å². The predicted octanol–water partition coefficient (Wildman–Crippen LogP) is -0.185. The third-order valence-electron chi connectivity index (χ3n) is 1.31. The summed E-state index contributed by atoms with van der Waals surface area (Å²) in [6.45, 7) is 5.06. The summed E-state index contributed by atoms with van der Waals surface area (Å²) in [6.07, 6.45) is 0. The molecule has 5 nitrogen and oxygen atoms in total. The zero-order valence-corrected chi connectivity index (χ0v) is 7.37. The number of nitrogens with two attached hydrogens (primary N) is 1. The van der Waals surface area contributed by atoms with Gasteiger partial charge in [0.1, 0.15) is 0 Å². The van der Waals surface area contributed by atoms with Gasteiger partial charge in [-0.15, -0.1) is 0 Å². The Hall–Kier alpha value is -0.940. The molecule has 68 valence electrons. The van der Waals surface area contributed by atoms with Crippen LogP contribution in [0.4, 0.5) is 0 Å². The van der Waals surface area contributed by atoms with Gasteiger partial charge in [0.2, 0.25) is 5.89 Å². The minimum absolute atomic E-state index is 0.147. The van der Waals surface area contributed by atoms with Crippen molar-refractivity contribution in [1.82, 2.24) is 15.5 Å². The molecule has 3 N–H and O–H groups in total. The van der Waals surface area contributed by atoms with Crippen molar-refractivity contribution in [2.24, 2.45) is 5.73 Å². The number of hydrogen-bond donors (Lipinski definition) is 2. The Morgan fingerprint density at radius 3 is 2.92 bits per heavy atom. The number of rotatable bonds is 4. The van der Waals surface area contributed by atoms with Gasteiger partial charge in [-0.1, -0.05) is 5.16 Å². The van der Waals surface area contributed by atoms with Gasteiger partial charge in [0.15, 0.2) is 5.82 Å². The summed E-state index contributed by atoms with van der Waals surface area (Å²) in [5.74, 6) is 1.26. The highest BCUT2D eigenvalue weighted by atomic mass is 16.5. The standard InChI is InChI=1S/C7H14N4O/c1-5(8)3-9-4-7-10-6(2)11-12-7/h5,9H,3-4,8H2,1-2H3. The van der Waals surface area contributed by atoms with E-state index in [0.29, 0.717) is 18.3 Å². The van der Waals surface area contributed by atoms with Crippen LogP contribution in [0.2, 0.25) is 0 Å². The minimum Gasteiger partial charge on any atom is -0.338 e. The van der Waals surface area contributed by atoms with Gasteiger partial charge in [0.25, 0.3) is 0 Å². The zero-order valence-electron chi connectivity index (χ0n) is 7.37. The van der Waals surface area contributed by atoms with E-state index in [1.807, 2.05) is 6.92 Å². The molecule has 0 aliphatic carbocycles. The lowest BCUT2D eigenvalue weighted by molar-refractivity contribution is 0.363. The largest absolute Gasteiger partial charge is 0.338 e. The van der Waals surface area contributed by atoms with Crippen LogP contribution in [0.3, 0.4) is 0 Å². The van der Waals surface area contributed by atoms with Crippen molar-refractivity contribution in [3.8, 4) is 0 Å². The quantitative estimate of drug-likeness (QED) is 0.655. The summed E-state index contributed by atoms with van der Waals surface area (Å²) in [7, 11) is 0. The monoisotopic (exact) mass is 170 g/mol. The van der Waals surface area contributed by atoms with Crippen LogP contribution in [0.15, 0.2) is 4.52 Å². The second-order valence-electron chi connectivity index (χ2n) is 2.84. The summed E-state index contributed by atoms with van der Waals surface area (Å²) in [4.78, 5) is 4.03. The molecule has 0 aliphatic heterocycles. The summed E-state index contributed by atoms with van der Waals surface area (Å²) < 4.78 is 4.88. The fourth-order valence-corrected chi connectivity index (χ4v) is 0.819. The topological polar surface area (TPSA) is 77.0 Å². The average molecular weight is 170 g/mol. The molecule has 0 aliphatic rings. The first-order valence-electron chi connectivity index (χ1n) is 3.94. The molecule has 0 radical (unpaired) electrons. The molecule has 0 bridgehead atoms. The lowest BCUT2D eigenvalue weighted by atomic mass is 10.3. The van der Waals surface area contributed by atoms with Gasteiger partial charge in [-0.3, -0.25) is 0 Å². The SMILES string of the molecule is Cc1noc(CNCC(C)N)n1. The van der Waals surface area contributed by atoms with Crippen LogP contribution in [0.25, 0.3) is 0 Å². The fraction of sp³-hybridized carbons (Fsp3) is 0.714. The summed E-state index contributed by atoms with van der Waals surface area (Å²) >= 11 is 0. The molecule has 0 saturated heterocycles. The fourth-order valence-electron chi connectivity index (χ4n) is 0.819. The third kappa shape index (κ3) is 2.98. The number of aryl methyl sites for hydroxylation is 1. The van der Waals surface area contributed by atoms with E-state index >= 15 is 0 Å². The van der Waals surface area contributed by atoms with E-state index in [9.17, 15) is 0 Å². The van der Waals surface area contributed by atoms with Crippen molar-refractivity contribution in [2.75, 3.05) is 6.54 Å². The molecule has 1 rings (SSSR count). The molecule has 1 aromatic heterocycles. The molecule has 1 atom stereocenters. The van der Waals surface area contributed by atoms with Gasteiger partial charge < -0.3 is 15.6 Å². The molecule has 0 spiro atoms. The predicted molar refractivity (Wildman–Crippen MR) is 44.4 cm³/mol. The van der Waals surface area contributed by atoms with E-state index in [1.54, 1.807) is 6.92 Å². The molecule has 1 aromatic rings. The molecule has 0 amide bonds.